The molecule has 3 aliphatic rings. The van der Waals surface area contributed by atoms with Crippen LogP contribution in [0, 0.1) is 5.92 Å². The Morgan fingerprint density at radius 3 is 2.88 bits per heavy atom. The van der Waals surface area contributed by atoms with E-state index in [9.17, 15) is 9.90 Å². The molecule has 2 unspecified atom stereocenters. The molecule has 0 aliphatic carbocycles. The lowest BCUT2D eigenvalue weighted by Gasteiger charge is -2.35. The molecule has 0 saturated carbocycles. The summed E-state index contributed by atoms with van der Waals surface area (Å²) in [6.45, 7) is 5.08. The molecule has 0 aromatic heterocycles. The van der Waals surface area contributed by atoms with Crippen molar-refractivity contribution in [1.29, 1.82) is 0 Å². The van der Waals surface area contributed by atoms with Gasteiger partial charge in [-0.1, -0.05) is 0 Å². The summed E-state index contributed by atoms with van der Waals surface area (Å²) >= 11 is 0. The van der Waals surface area contributed by atoms with Gasteiger partial charge in [0, 0.05) is 44.9 Å². The van der Waals surface area contributed by atoms with Gasteiger partial charge < -0.3 is 14.7 Å². The second-order valence-electron chi connectivity index (χ2n) is 5.32. The summed E-state index contributed by atoms with van der Waals surface area (Å²) in [6.07, 6.45) is 2.05. The molecule has 96 valence electrons. The summed E-state index contributed by atoms with van der Waals surface area (Å²) < 4.78 is 5.32. The molecule has 5 heteroatoms. The van der Waals surface area contributed by atoms with E-state index in [0.29, 0.717) is 12.8 Å². The number of amides is 1. The van der Waals surface area contributed by atoms with E-state index in [-0.39, 0.29) is 11.8 Å². The Labute approximate surface area is 101 Å². The predicted molar refractivity (Wildman–Crippen MR) is 61.3 cm³/mol. The minimum Gasteiger partial charge on any atom is -0.379 e. The third kappa shape index (κ3) is 1.86. The molecule has 3 saturated heterocycles. The standard InChI is InChI=1S/C12H20N2O3/c15-11-1-3-12(16)10(2-4-14(11)12)9-13-5-7-17-8-6-13/h10,16H,1-9H2. The second-order valence-corrected chi connectivity index (χ2v) is 5.32. The SMILES string of the molecule is O=C1CCC2(O)C(CN3CCOCC3)CCN12. The first-order valence-electron chi connectivity index (χ1n) is 6.53. The predicted octanol–water partition coefficient (Wildman–Crippen LogP) is -0.350. The van der Waals surface area contributed by atoms with E-state index in [1.165, 1.54) is 0 Å². The van der Waals surface area contributed by atoms with Crippen LogP contribution in [-0.2, 0) is 9.53 Å². The summed E-state index contributed by atoms with van der Waals surface area (Å²) in [7, 11) is 0. The molecular formula is C12H20N2O3. The third-order valence-electron chi connectivity index (χ3n) is 4.41. The number of hydrogen-bond acceptors (Lipinski definition) is 4. The lowest BCUT2D eigenvalue weighted by molar-refractivity contribution is -0.144. The average molecular weight is 240 g/mol. The van der Waals surface area contributed by atoms with Gasteiger partial charge in [-0.15, -0.1) is 0 Å². The summed E-state index contributed by atoms with van der Waals surface area (Å²) in [5.41, 5.74) is -0.852. The third-order valence-corrected chi connectivity index (χ3v) is 4.41. The zero-order chi connectivity index (χ0) is 11.9. The van der Waals surface area contributed by atoms with Crippen LogP contribution in [0.5, 0.6) is 0 Å². The van der Waals surface area contributed by atoms with E-state index in [1.54, 1.807) is 4.90 Å². The van der Waals surface area contributed by atoms with Crippen molar-refractivity contribution in [2.45, 2.75) is 25.0 Å². The number of fused-ring (bicyclic) bond motifs is 1. The van der Waals surface area contributed by atoms with Gasteiger partial charge in [-0.3, -0.25) is 9.69 Å². The Balaban J connectivity index is 1.66. The molecule has 3 heterocycles. The van der Waals surface area contributed by atoms with Gasteiger partial charge >= 0.3 is 0 Å². The number of ether oxygens (including phenoxy) is 1. The molecule has 0 spiro atoms. The first-order valence-corrected chi connectivity index (χ1v) is 6.53. The van der Waals surface area contributed by atoms with Crippen LogP contribution in [0.2, 0.25) is 0 Å². The molecule has 3 rings (SSSR count). The van der Waals surface area contributed by atoms with Crippen LogP contribution >= 0.6 is 0 Å². The summed E-state index contributed by atoms with van der Waals surface area (Å²) in [5.74, 6) is 0.337. The largest absolute Gasteiger partial charge is 0.379 e. The molecule has 1 N–H and O–H groups in total. The van der Waals surface area contributed by atoms with E-state index in [4.69, 9.17) is 4.74 Å². The molecule has 0 radical (unpaired) electrons. The van der Waals surface area contributed by atoms with Crippen LogP contribution in [0.3, 0.4) is 0 Å². The molecule has 3 aliphatic heterocycles. The number of nitrogens with zero attached hydrogens (tertiary/aromatic N) is 2. The van der Waals surface area contributed by atoms with Gasteiger partial charge in [0.15, 0.2) is 0 Å². The van der Waals surface area contributed by atoms with Gasteiger partial charge in [0.25, 0.3) is 0 Å². The highest BCUT2D eigenvalue weighted by molar-refractivity contribution is 5.79. The maximum Gasteiger partial charge on any atom is 0.225 e. The molecule has 1 amide bonds. The first kappa shape index (κ1) is 11.4. The van der Waals surface area contributed by atoms with E-state index in [1.807, 2.05) is 0 Å². The van der Waals surface area contributed by atoms with Crippen LogP contribution in [0.1, 0.15) is 19.3 Å². The van der Waals surface area contributed by atoms with Crippen LogP contribution in [-0.4, -0.2) is 65.9 Å². The van der Waals surface area contributed by atoms with E-state index in [2.05, 4.69) is 4.90 Å². The Bertz CT molecular complexity index is 317. The minimum absolute atomic E-state index is 0.122. The van der Waals surface area contributed by atoms with Gasteiger partial charge in [0.05, 0.1) is 13.2 Å². The number of morpholine rings is 1. The zero-order valence-electron chi connectivity index (χ0n) is 10.1. The maximum absolute atomic E-state index is 11.6. The molecule has 0 aromatic rings. The van der Waals surface area contributed by atoms with E-state index >= 15 is 0 Å². The normalized spacial score (nSPS) is 38.8. The Kier molecular flexibility index (Phi) is 2.84. The van der Waals surface area contributed by atoms with E-state index < -0.39 is 5.72 Å². The first-order chi connectivity index (χ1) is 8.20. The molecule has 0 bridgehead atoms. The van der Waals surface area contributed by atoms with Crippen molar-refractivity contribution < 1.29 is 14.6 Å². The monoisotopic (exact) mass is 240 g/mol. The fourth-order valence-electron chi connectivity index (χ4n) is 3.37. The number of aliphatic hydroxyl groups is 1. The van der Waals surface area contributed by atoms with Crippen molar-refractivity contribution in [1.82, 2.24) is 9.80 Å². The summed E-state index contributed by atoms with van der Waals surface area (Å²) in [5, 5.41) is 10.6. The van der Waals surface area contributed by atoms with Crippen LogP contribution in [0.4, 0.5) is 0 Å². The van der Waals surface area contributed by atoms with Gasteiger partial charge in [0.1, 0.15) is 5.72 Å². The van der Waals surface area contributed by atoms with Crippen molar-refractivity contribution in [2.24, 2.45) is 5.92 Å². The number of carbonyl (C=O) groups excluding carboxylic acids is 1. The zero-order valence-corrected chi connectivity index (χ0v) is 10.1. The van der Waals surface area contributed by atoms with Gasteiger partial charge in [0.2, 0.25) is 5.91 Å². The number of rotatable bonds is 2. The average Bonchev–Trinajstić information content (AvgIpc) is 2.80. The van der Waals surface area contributed by atoms with Crippen molar-refractivity contribution in [3.8, 4) is 0 Å². The molecule has 17 heavy (non-hydrogen) atoms. The van der Waals surface area contributed by atoms with Gasteiger partial charge in [-0.25, -0.2) is 0 Å². The fraction of sp³-hybridized carbons (Fsp3) is 0.917. The number of hydrogen-bond donors (Lipinski definition) is 1. The van der Waals surface area contributed by atoms with Crippen LogP contribution < -0.4 is 0 Å². The van der Waals surface area contributed by atoms with Crippen molar-refractivity contribution in [3.63, 3.8) is 0 Å². The van der Waals surface area contributed by atoms with Crippen molar-refractivity contribution in [2.75, 3.05) is 39.4 Å². The second kappa shape index (κ2) is 4.23. The summed E-state index contributed by atoms with van der Waals surface area (Å²) in [6, 6.07) is 0. The molecule has 3 fully saturated rings. The maximum atomic E-state index is 11.6. The quantitative estimate of drug-likeness (QED) is 0.717. The van der Waals surface area contributed by atoms with Crippen LogP contribution in [0.15, 0.2) is 0 Å². The highest BCUT2D eigenvalue weighted by Gasteiger charge is 2.53. The van der Waals surface area contributed by atoms with Crippen LogP contribution in [0.25, 0.3) is 0 Å². The lowest BCUT2D eigenvalue weighted by Crippen LogP contribution is -2.49. The lowest BCUT2D eigenvalue weighted by atomic mass is 9.93. The fourth-order valence-corrected chi connectivity index (χ4v) is 3.37. The topological polar surface area (TPSA) is 53.0 Å². The highest BCUT2D eigenvalue weighted by Crippen LogP contribution is 2.42. The van der Waals surface area contributed by atoms with Gasteiger partial charge in [-0.05, 0) is 6.42 Å². The van der Waals surface area contributed by atoms with Gasteiger partial charge in [-0.2, -0.15) is 0 Å². The van der Waals surface area contributed by atoms with Crippen molar-refractivity contribution >= 4 is 5.91 Å². The molecule has 2 atom stereocenters. The molecule has 0 aromatic carbocycles. The smallest absolute Gasteiger partial charge is 0.225 e. The molecule has 5 nitrogen and oxygen atoms in total. The number of carbonyl (C=O) groups is 1. The Hall–Kier alpha value is -0.650. The molecular weight excluding hydrogens is 220 g/mol. The summed E-state index contributed by atoms with van der Waals surface area (Å²) in [4.78, 5) is 15.7. The minimum atomic E-state index is -0.852. The van der Waals surface area contributed by atoms with E-state index in [0.717, 1.165) is 45.8 Å². The van der Waals surface area contributed by atoms with Crippen molar-refractivity contribution in [3.05, 3.63) is 0 Å². The highest BCUT2D eigenvalue weighted by atomic mass is 16.5. The Morgan fingerprint density at radius 1 is 1.35 bits per heavy atom. The Morgan fingerprint density at radius 2 is 2.12 bits per heavy atom.